The van der Waals surface area contributed by atoms with E-state index in [2.05, 4.69) is 0 Å². The first kappa shape index (κ1) is 36.4. The summed E-state index contributed by atoms with van der Waals surface area (Å²) in [6, 6.07) is 0. The maximum Gasteiger partial charge on any atom is 0.148 e. The van der Waals surface area contributed by atoms with Gasteiger partial charge in [-0.3, -0.25) is 0 Å². The van der Waals surface area contributed by atoms with Gasteiger partial charge in [-0.1, -0.05) is 0 Å². The van der Waals surface area contributed by atoms with Gasteiger partial charge in [0.25, 0.3) is 0 Å². The first-order chi connectivity index (χ1) is 6.93. The van der Waals surface area contributed by atoms with Crippen LogP contribution in [-0.4, -0.2) is 66.0 Å². The summed E-state index contributed by atoms with van der Waals surface area (Å²) in [6.07, 6.45) is -4.67. The van der Waals surface area contributed by atoms with Crippen LogP contribution in [0, 0.1) is 0 Å². The molecule has 0 bridgehead atoms. The van der Waals surface area contributed by atoms with Gasteiger partial charge in [0, 0.05) is 39.0 Å². The summed E-state index contributed by atoms with van der Waals surface area (Å²) in [6.45, 7) is 5.11. The molecule has 0 fully saturated rings. The minimum atomic E-state index is -1.17. The van der Waals surface area contributed by atoms with Crippen molar-refractivity contribution in [2.45, 2.75) is 52.9 Å². The van der Waals surface area contributed by atoms with Crippen LogP contribution in [0.3, 0.4) is 0 Å². The number of aliphatic hydroxyl groups excluding tert-OH is 4. The maximum absolute atomic E-state index is 7.61. The fourth-order valence-corrected chi connectivity index (χ4v) is 0. The van der Waals surface area contributed by atoms with Crippen LogP contribution in [0.4, 0.5) is 0 Å². The average Bonchev–Trinajstić information content (AvgIpc) is 1.76. The molecule has 0 aromatic carbocycles. The fourth-order valence-electron chi connectivity index (χ4n) is 0. The van der Waals surface area contributed by atoms with Crippen LogP contribution in [0.15, 0.2) is 0 Å². The first-order valence-electron chi connectivity index (χ1n) is 4.37. The number of hydrogen-bond donors (Lipinski definition) is 8. The van der Waals surface area contributed by atoms with Gasteiger partial charge >= 0.3 is 0 Å². The van der Waals surface area contributed by atoms with E-state index in [1.807, 2.05) is 0 Å². The molecular weight excluding hydrogens is 430 g/mol. The van der Waals surface area contributed by atoms with Crippen LogP contribution in [0.25, 0.3) is 0 Å². The van der Waals surface area contributed by atoms with Gasteiger partial charge in [-0.25, -0.2) is 0 Å². The summed E-state index contributed by atoms with van der Waals surface area (Å²) in [4.78, 5) is 0. The van der Waals surface area contributed by atoms with Crippen LogP contribution in [0.5, 0.6) is 0 Å². The van der Waals surface area contributed by atoms with E-state index >= 15 is 0 Å². The molecular formula is C8H24O8Rh2. The summed E-state index contributed by atoms with van der Waals surface area (Å²) in [7, 11) is 0. The molecule has 0 saturated carbocycles. The molecule has 122 valence electrons. The normalized spacial score (nSPS) is 8.00. The Morgan fingerprint density at radius 2 is 0.389 bits per heavy atom. The van der Waals surface area contributed by atoms with Crippen LogP contribution in [-0.2, 0) is 39.0 Å². The molecule has 0 aromatic rings. The van der Waals surface area contributed by atoms with Gasteiger partial charge in [0.1, 0.15) is 25.2 Å². The summed E-state index contributed by atoms with van der Waals surface area (Å²) >= 11 is 0. The van der Waals surface area contributed by atoms with Gasteiger partial charge in [-0.05, 0) is 27.7 Å². The smallest absolute Gasteiger partial charge is 0.148 e. The SMILES string of the molecule is CC(O)O.CC(O)O.CC(O)O.CC(O)O.[Rh].[Rh]. The second-order valence-corrected chi connectivity index (χ2v) is 2.53. The number of hydrogen-bond acceptors (Lipinski definition) is 8. The molecule has 18 heavy (non-hydrogen) atoms. The Balaban J connectivity index is -0.0000000257. The third-order valence-electron chi connectivity index (χ3n) is 0. The minimum absolute atomic E-state index is 0. The third kappa shape index (κ3) is 5000. The van der Waals surface area contributed by atoms with Crippen LogP contribution >= 0.6 is 0 Å². The van der Waals surface area contributed by atoms with Crippen molar-refractivity contribution in [3.05, 3.63) is 0 Å². The molecule has 0 spiro atoms. The van der Waals surface area contributed by atoms with Crippen LogP contribution < -0.4 is 0 Å². The van der Waals surface area contributed by atoms with Crippen molar-refractivity contribution in [1.82, 2.24) is 0 Å². The Morgan fingerprint density at radius 3 is 0.389 bits per heavy atom. The topological polar surface area (TPSA) is 162 Å². The Labute approximate surface area is 132 Å². The molecule has 8 nitrogen and oxygen atoms in total. The van der Waals surface area contributed by atoms with Crippen LogP contribution in [0.1, 0.15) is 27.7 Å². The summed E-state index contributed by atoms with van der Waals surface area (Å²) < 4.78 is 0. The minimum Gasteiger partial charge on any atom is -0.368 e. The Morgan fingerprint density at radius 1 is 0.389 bits per heavy atom. The molecule has 0 rings (SSSR count). The standard InChI is InChI=1S/4C2H6O2.2Rh/c4*1-2(3)4;;/h4*2-4H,1H3;;. The summed E-state index contributed by atoms with van der Waals surface area (Å²) in [5.74, 6) is 0. The largest absolute Gasteiger partial charge is 0.368 e. The zero-order valence-corrected chi connectivity index (χ0v) is 13.8. The van der Waals surface area contributed by atoms with Gasteiger partial charge in [-0.15, -0.1) is 0 Å². The van der Waals surface area contributed by atoms with Gasteiger partial charge in [0.2, 0.25) is 0 Å². The van der Waals surface area contributed by atoms with Crippen molar-refractivity contribution >= 4 is 0 Å². The maximum atomic E-state index is 7.61. The van der Waals surface area contributed by atoms with Gasteiger partial charge in [0.15, 0.2) is 0 Å². The Kier molecular flexibility index (Phi) is 62.2. The van der Waals surface area contributed by atoms with E-state index in [0.717, 1.165) is 0 Å². The predicted octanol–water partition coefficient (Wildman–Crippen LogP) is -2.74. The number of rotatable bonds is 0. The van der Waals surface area contributed by atoms with Gasteiger partial charge in [-0.2, -0.15) is 0 Å². The first-order valence-corrected chi connectivity index (χ1v) is 4.37. The molecule has 0 aliphatic rings. The van der Waals surface area contributed by atoms with Crippen molar-refractivity contribution in [2.24, 2.45) is 0 Å². The Hall–Kier alpha value is 0.927. The molecule has 0 aliphatic heterocycles. The molecule has 0 heterocycles. The van der Waals surface area contributed by atoms with Crippen LogP contribution in [0.2, 0.25) is 0 Å². The third-order valence-corrected chi connectivity index (χ3v) is 0. The van der Waals surface area contributed by atoms with E-state index in [1.165, 1.54) is 27.7 Å². The van der Waals surface area contributed by atoms with Gasteiger partial charge < -0.3 is 40.9 Å². The predicted molar refractivity (Wildman–Crippen MR) is 55.6 cm³/mol. The van der Waals surface area contributed by atoms with E-state index in [4.69, 9.17) is 40.9 Å². The molecule has 0 amide bonds. The molecule has 0 unspecified atom stereocenters. The van der Waals surface area contributed by atoms with Gasteiger partial charge in [0.05, 0.1) is 0 Å². The van der Waals surface area contributed by atoms with Crippen molar-refractivity contribution in [1.29, 1.82) is 0 Å². The monoisotopic (exact) mass is 454 g/mol. The van der Waals surface area contributed by atoms with Crippen molar-refractivity contribution in [2.75, 3.05) is 0 Å². The fraction of sp³-hybridized carbons (Fsp3) is 1.00. The van der Waals surface area contributed by atoms with E-state index in [0.29, 0.717) is 0 Å². The molecule has 0 atom stereocenters. The zero-order valence-electron chi connectivity index (χ0n) is 10.6. The Bertz CT molecular complexity index is 68.1. The van der Waals surface area contributed by atoms with Crippen molar-refractivity contribution < 1.29 is 79.8 Å². The zero-order chi connectivity index (χ0) is 14.3. The second-order valence-electron chi connectivity index (χ2n) is 2.53. The van der Waals surface area contributed by atoms with Crippen molar-refractivity contribution in [3.63, 3.8) is 0 Å². The average molecular weight is 454 g/mol. The summed E-state index contributed by atoms with van der Waals surface area (Å²) in [5.41, 5.74) is 0. The molecule has 8 N–H and O–H groups in total. The molecule has 10 heteroatoms. The van der Waals surface area contributed by atoms with E-state index in [1.54, 1.807) is 0 Å². The quantitative estimate of drug-likeness (QED) is 0.145. The molecule has 0 aromatic heterocycles. The summed E-state index contributed by atoms with van der Waals surface area (Å²) in [5, 5.41) is 60.9. The van der Waals surface area contributed by atoms with Crippen molar-refractivity contribution in [3.8, 4) is 0 Å². The number of aliphatic hydroxyl groups is 8. The van der Waals surface area contributed by atoms with E-state index in [9.17, 15) is 0 Å². The molecule has 0 saturated heterocycles. The van der Waals surface area contributed by atoms with E-state index in [-0.39, 0.29) is 39.0 Å². The molecule has 2 radical (unpaired) electrons. The molecule has 0 aliphatic carbocycles. The van der Waals surface area contributed by atoms with E-state index < -0.39 is 25.2 Å². The second kappa shape index (κ2) is 30.7.